The number of hydrogen-bond acceptors (Lipinski definition) is 4. The third kappa shape index (κ3) is 4.31. The predicted molar refractivity (Wildman–Crippen MR) is 121 cm³/mol. The van der Waals surface area contributed by atoms with Crippen molar-refractivity contribution in [3.63, 3.8) is 0 Å². The quantitative estimate of drug-likeness (QED) is 0.413. The molecule has 1 aliphatic heterocycles. The van der Waals surface area contributed by atoms with Crippen LogP contribution in [0.5, 0.6) is 5.75 Å². The number of nitrogens with one attached hydrogen (secondary N) is 1. The van der Waals surface area contributed by atoms with E-state index in [1.165, 1.54) is 12.0 Å². The number of piperidine rings is 1. The van der Waals surface area contributed by atoms with Gasteiger partial charge in [0.1, 0.15) is 10.9 Å². The molecule has 1 aromatic carbocycles. The lowest BCUT2D eigenvalue weighted by Gasteiger charge is -2.32. The molecule has 1 fully saturated rings. The van der Waals surface area contributed by atoms with Crippen LogP contribution >= 0.6 is 43.5 Å². The molecule has 1 saturated heterocycles. The highest BCUT2D eigenvalue weighted by molar-refractivity contribution is 9.11. The molecule has 0 radical (unpaired) electrons. The fourth-order valence-electron chi connectivity index (χ4n) is 3.89. The number of aromatic amines is 1. The van der Waals surface area contributed by atoms with Gasteiger partial charge in [0.15, 0.2) is 5.65 Å². The molecule has 0 saturated carbocycles. The number of anilines is 1. The van der Waals surface area contributed by atoms with Crippen LogP contribution in [0.1, 0.15) is 24.8 Å². The van der Waals surface area contributed by atoms with Gasteiger partial charge in [-0.05, 0) is 77.4 Å². The number of pyridine rings is 1. The van der Waals surface area contributed by atoms with E-state index in [1.54, 1.807) is 13.2 Å². The van der Waals surface area contributed by atoms with Crippen molar-refractivity contribution in [1.82, 2.24) is 15.0 Å². The van der Waals surface area contributed by atoms with E-state index in [-0.39, 0.29) is 0 Å². The molecule has 5 nitrogen and oxygen atoms in total. The van der Waals surface area contributed by atoms with Crippen LogP contribution in [0.25, 0.3) is 11.2 Å². The normalized spacial score (nSPS) is 17.3. The Kier molecular flexibility index (Phi) is 6.13. The first kappa shape index (κ1) is 20.0. The van der Waals surface area contributed by atoms with Crippen molar-refractivity contribution < 1.29 is 4.74 Å². The Hall–Kier alpha value is -1.31. The number of rotatable bonds is 5. The number of benzene rings is 1. The Morgan fingerprint density at radius 3 is 2.96 bits per heavy atom. The zero-order valence-corrected chi connectivity index (χ0v) is 19.4. The van der Waals surface area contributed by atoms with Crippen molar-refractivity contribution in [1.29, 1.82) is 0 Å². The summed E-state index contributed by atoms with van der Waals surface area (Å²) in [6, 6.07) is 7.89. The van der Waals surface area contributed by atoms with Crippen LogP contribution in [0.15, 0.2) is 33.2 Å². The van der Waals surface area contributed by atoms with Crippen LogP contribution in [0.3, 0.4) is 0 Å². The lowest BCUT2D eigenvalue weighted by atomic mass is 9.91. The molecule has 1 aliphatic rings. The molecule has 0 bridgehead atoms. The summed E-state index contributed by atoms with van der Waals surface area (Å²) in [5.74, 6) is 2.43. The van der Waals surface area contributed by atoms with Gasteiger partial charge in [-0.1, -0.05) is 27.5 Å². The first-order valence-electron chi connectivity index (χ1n) is 9.32. The predicted octanol–water partition coefficient (Wildman–Crippen LogP) is 5.99. The second-order valence-corrected chi connectivity index (χ2v) is 9.30. The van der Waals surface area contributed by atoms with Crippen LogP contribution in [0.2, 0.25) is 5.15 Å². The highest BCUT2D eigenvalue weighted by Crippen LogP contribution is 2.35. The topological polar surface area (TPSA) is 54.0 Å². The second kappa shape index (κ2) is 8.59. The van der Waals surface area contributed by atoms with Gasteiger partial charge in [-0.3, -0.25) is 0 Å². The number of H-pyrrole nitrogens is 1. The number of methoxy groups -OCH3 is 1. The standard InChI is InChI=1S/C20H21Br2ClN4O/c1-28-18-13(9-14(21)10-15(18)22)5-4-12-3-2-8-27(11-12)20-24-16-6-7-17(23)25-19(16)26-20/h6-7,9-10,12H,2-5,8,11H2,1H3,(H,24,25,26)/t12-/m1/s1. The van der Waals surface area contributed by atoms with E-state index in [2.05, 4.69) is 57.8 Å². The van der Waals surface area contributed by atoms with Crippen LogP contribution in [-0.4, -0.2) is 35.2 Å². The van der Waals surface area contributed by atoms with E-state index in [4.69, 9.17) is 16.3 Å². The second-order valence-electron chi connectivity index (χ2n) is 7.14. The van der Waals surface area contributed by atoms with E-state index in [1.807, 2.05) is 12.1 Å². The number of nitrogens with zero attached hydrogens (tertiary/aromatic N) is 3. The fraction of sp³-hybridized carbons (Fsp3) is 0.400. The number of fused-ring (bicyclic) bond motifs is 1. The smallest absolute Gasteiger partial charge is 0.205 e. The SMILES string of the molecule is COc1c(Br)cc(Br)cc1CC[C@H]1CCCN(c2nc3nc(Cl)ccc3[nH]2)C1. The van der Waals surface area contributed by atoms with Crippen molar-refractivity contribution in [2.24, 2.45) is 5.92 Å². The van der Waals surface area contributed by atoms with Gasteiger partial charge in [0, 0.05) is 17.6 Å². The maximum Gasteiger partial charge on any atom is 0.205 e. The molecule has 2 aromatic heterocycles. The van der Waals surface area contributed by atoms with Crippen LogP contribution in [0.4, 0.5) is 5.95 Å². The Morgan fingerprint density at radius 2 is 2.14 bits per heavy atom. The fourth-order valence-corrected chi connectivity index (χ4v) is 5.51. The van der Waals surface area contributed by atoms with Gasteiger partial charge >= 0.3 is 0 Å². The molecule has 3 aromatic rings. The van der Waals surface area contributed by atoms with Gasteiger partial charge in [-0.15, -0.1) is 0 Å². The molecular weight excluding hydrogens is 508 g/mol. The first-order chi connectivity index (χ1) is 13.5. The lowest BCUT2D eigenvalue weighted by molar-refractivity contribution is 0.379. The van der Waals surface area contributed by atoms with E-state index >= 15 is 0 Å². The number of ether oxygens (including phenoxy) is 1. The van der Waals surface area contributed by atoms with Crippen molar-refractivity contribution >= 4 is 60.6 Å². The van der Waals surface area contributed by atoms with Gasteiger partial charge in [0.05, 0.1) is 17.1 Å². The molecule has 148 valence electrons. The number of aryl methyl sites for hydroxylation is 1. The summed E-state index contributed by atoms with van der Waals surface area (Å²) in [7, 11) is 1.72. The summed E-state index contributed by atoms with van der Waals surface area (Å²) in [6.45, 7) is 2.00. The van der Waals surface area contributed by atoms with Crippen LogP contribution in [0, 0.1) is 5.92 Å². The molecule has 1 N–H and O–H groups in total. The van der Waals surface area contributed by atoms with Crippen molar-refractivity contribution in [2.75, 3.05) is 25.1 Å². The molecule has 1 atom stereocenters. The Bertz CT molecular complexity index is 994. The van der Waals surface area contributed by atoms with E-state index in [9.17, 15) is 0 Å². The van der Waals surface area contributed by atoms with Crippen LogP contribution in [-0.2, 0) is 6.42 Å². The van der Waals surface area contributed by atoms with Crippen LogP contribution < -0.4 is 9.64 Å². The zero-order chi connectivity index (χ0) is 19.7. The molecule has 3 heterocycles. The number of halogens is 3. The van der Waals surface area contributed by atoms with E-state index in [0.29, 0.717) is 16.7 Å². The molecule has 0 amide bonds. The minimum atomic E-state index is 0.469. The monoisotopic (exact) mass is 526 g/mol. The van der Waals surface area contributed by atoms with Gasteiger partial charge < -0.3 is 14.6 Å². The van der Waals surface area contributed by atoms with Gasteiger partial charge in [-0.25, -0.2) is 4.98 Å². The van der Waals surface area contributed by atoms with E-state index in [0.717, 1.165) is 58.5 Å². The highest BCUT2D eigenvalue weighted by atomic mass is 79.9. The summed E-state index contributed by atoms with van der Waals surface area (Å²) in [4.78, 5) is 14.7. The number of hydrogen-bond donors (Lipinski definition) is 1. The Balaban J connectivity index is 1.45. The van der Waals surface area contributed by atoms with Crippen molar-refractivity contribution in [3.8, 4) is 5.75 Å². The molecule has 8 heteroatoms. The van der Waals surface area contributed by atoms with Crippen molar-refractivity contribution in [2.45, 2.75) is 25.7 Å². The number of aromatic nitrogens is 3. The Morgan fingerprint density at radius 1 is 1.29 bits per heavy atom. The number of imidazole rings is 1. The lowest BCUT2D eigenvalue weighted by Crippen LogP contribution is -2.36. The largest absolute Gasteiger partial charge is 0.495 e. The molecule has 28 heavy (non-hydrogen) atoms. The Labute approximate surface area is 186 Å². The third-order valence-corrected chi connectivity index (χ3v) is 6.49. The molecule has 0 aliphatic carbocycles. The van der Waals surface area contributed by atoms with Gasteiger partial charge in [-0.2, -0.15) is 4.98 Å². The highest BCUT2D eigenvalue weighted by Gasteiger charge is 2.23. The average Bonchev–Trinajstić information content (AvgIpc) is 3.09. The molecule has 0 unspecified atom stereocenters. The summed E-state index contributed by atoms with van der Waals surface area (Å²) in [5, 5.41) is 0.469. The van der Waals surface area contributed by atoms with Gasteiger partial charge in [0.2, 0.25) is 5.95 Å². The maximum atomic E-state index is 5.99. The first-order valence-corrected chi connectivity index (χ1v) is 11.3. The molecule has 4 rings (SSSR count). The summed E-state index contributed by atoms with van der Waals surface area (Å²) in [6.07, 6.45) is 4.49. The summed E-state index contributed by atoms with van der Waals surface area (Å²) in [5.41, 5.74) is 2.82. The summed E-state index contributed by atoms with van der Waals surface area (Å²) >= 11 is 13.2. The minimum absolute atomic E-state index is 0.469. The molecular formula is C20H21Br2ClN4O. The maximum absolute atomic E-state index is 5.99. The molecule has 0 spiro atoms. The van der Waals surface area contributed by atoms with E-state index < -0.39 is 0 Å². The minimum Gasteiger partial charge on any atom is -0.495 e. The summed E-state index contributed by atoms with van der Waals surface area (Å²) < 4.78 is 7.64. The zero-order valence-electron chi connectivity index (χ0n) is 15.5. The average molecular weight is 529 g/mol. The van der Waals surface area contributed by atoms with Gasteiger partial charge in [0.25, 0.3) is 0 Å². The van der Waals surface area contributed by atoms with Crippen molar-refractivity contribution in [3.05, 3.63) is 43.9 Å². The third-order valence-electron chi connectivity index (χ3n) is 5.23.